The van der Waals surface area contributed by atoms with Crippen molar-refractivity contribution in [2.45, 2.75) is 31.9 Å². The van der Waals surface area contributed by atoms with Crippen LogP contribution in [0.25, 0.3) is 10.8 Å². The molecule has 1 aliphatic heterocycles. The molecular weight excluding hydrogens is 240 g/mol. The quantitative estimate of drug-likeness (QED) is 0.866. The molecule has 0 radical (unpaired) electrons. The fourth-order valence-corrected chi connectivity index (χ4v) is 2.63. The van der Waals surface area contributed by atoms with Gasteiger partial charge in [0.1, 0.15) is 11.9 Å². The lowest BCUT2D eigenvalue weighted by Gasteiger charge is -2.28. The van der Waals surface area contributed by atoms with Gasteiger partial charge in [-0.3, -0.25) is 4.79 Å². The number of hydrogen-bond donors (Lipinski definition) is 2. The predicted molar refractivity (Wildman–Crippen MR) is 75.7 cm³/mol. The number of aromatic amines is 1. The van der Waals surface area contributed by atoms with Gasteiger partial charge in [-0.25, -0.2) is 0 Å². The van der Waals surface area contributed by atoms with Crippen molar-refractivity contribution in [3.63, 3.8) is 0 Å². The Morgan fingerprint density at radius 2 is 2.21 bits per heavy atom. The maximum atomic E-state index is 11.6. The molecule has 2 N–H and O–H groups in total. The molecule has 2 heterocycles. The summed E-state index contributed by atoms with van der Waals surface area (Å²) in [6.07, 6.45) is 3.97. The van der Waals surface area contributed by atoms with Crippen LogP contribution in [0.15, 0.2) is 35.3 Å². The van der Waals surface area contributed by atoms with Gasteiger partial charge in [-0.15, -0.1) is 0 Å². The van der Waals surface area contributed by atoms with Gasteiger partial charge in [0.25, 0.3) is 5.56 Å². The molecule has 1 fully saturated rings. The van der Waals surface area contributed by atoms with Crippen LogP contribution in [0, 0.1) is 0 Å². The van der Waals surface area contributed by atoms with E-state index >= 15 is 0 Å². The second kappa shape index (κ2) is 5.05. The molecule has 4 nitrogen and oxygen atoms in total. The molecule has 2 aromatic rings. The molecule has 0 amide bonds. The van der Waals surface area contributed by atoms with E-state index in [0.717, 1.165) is 30.5 Å². The zero-order valence-corrected chi connectivity index (χ0v) is 11.0. The SMILES string of the molecule is CC1C[C@H](Oc2ccc3c(=O)[nH]ccc3c2)CCN1. The number of benzene rings is 1. The third-order valence-electron chi connectivity index (χ3n) is 3.62. The van der Waals surface area contributed by atoms with Crippen molar-refractivity contribution >= 4 is 10.8 Å². The number of pyridine rings is 1. The maximum absolute atomic E-state index is 11.6. The summed E-state index contributed by atoms with van der Waals surface area (Å²) in [5, 5.41) is 5.03. The molecule has 0 saturated carbocycles. The van der Waals surface area contributed by atoms with Gasteiger partial charge in [-0.1, -0.05) is 0 Å². The van der Waals surface area contributed by atoms with Crippen molar-refractivity contribution < 1.29 is 4.74 Å². The van der Waals surface area contributed by atoms with Crippen LogP contribution < -0.4 is 15.6 Å². The number of aromatic nitrogens is 1. The molecule has 4 heteroatoms. The summed E-state index contributed by atoms with van der Waals surface area (Å²) in [5.74, 6) is 0.845. The van der Waals surface area contributed by atoms with Crippen LogP contribution in [-0.4, -0.2) is 23.7 Å². The van der Waals surface area contributed by atoms with Crippen LogP contribution in [0.2, 0.25) is 0 Å². The minimum atomic E-state index is -0.0560. The Kier molecular flexibility index (Phi) is 3.25. The summed E-state index contributed by atoms with van der Waals surface area (Å²) in [6, 6.07) is 8.05. The van der Waals surface area contributed by atoms with Crippen LogP contribution in [0.3, 0.4) is 0 Å². The van der Waals surface area contributed by atoms with E-state index < -0.39 is 0 Å². The smallest absolute Gasteiger partial charge is 0.255 e. The Labute approximate surface area is 111 Å². The molecule has 19 heavy (non-hydrogen) atoms. The Morgan fingerprint density at radius 1 is 1.32 bits per heavy atom. The van der Waals surface area contributed by atoms with Gasteiger partial charge in [-0.05, 0) is 56.0 Å². The number of rotatable bonds is 2. The highest BCUT2D eigenvalue weighted by Crippen LogP contribution is 2.22. The molecule has 3 rings (SSSR count). The normalized spacial score (nSPS) is 23.4. The molecule has 2 atom stereocenters. The molecule has 0 aliphatic carbocycles. The Bertz CT molecular complexity index is 635. The van der Waals surface area contributed by atoms with Gasteiger partial charge in [0.2, 0.25) is 0 Å². The van der Waals surface area contributed by atoms with Crippen LogP contribution in [0.4, 0.5) is 0 Å². The van der Waals surface area contributed by atoms with Crippen molar-refractivity contribution in [2.24, 2.45) is 0 Å². The standard InChI is InChI=1S/C15H18N2O2/c1-10-8-13(5-7-16-10)19-12-2-3-14-11(9-12)4-6-17-15(14)18/h2-4,6,9-10,13,16H,5,7-8H2,1H3,(H,17,18)/t10?,13-/m1/s1. The lowest BCUT2D eigenvalue weighted by atomic mass is 10.0. The summed E-state index contributed by atoms with van der Waals surface area (Å²) in [6.45, 7) is 3.18. The second-order valence-corrected chi connectivity index (χ2v) is 5.18. The molecule has 0 spiro atoms. The predicted octanol–water partition coefficient (Wildman–Crippen LogP) is 2.05. The first-order valence-corrected chi connectivity index (χ1v) is 6.74. The minimum Gasteiger partial charge on any atom is -0.490 e. The largest absolute Gasteiger partial charge is 0.490 e. The first kappa shape index (κ1) is 12.2. The topological polar surface area (TPSA) is 54.1 Å². The summed E-state index contributed by atoms with van der Waals surface area (Å²) in [5.41, 5.74) is -0.0560. The highest BCUT2D eigenvalue weighted by Gasteiger charge is 2.19. The number of H-pyrrole nitrogens is 1. The molecule has 1 aliphatic rings. The maximum Gasteiger partial charge on any atom is 0.255 e. The van der Waals surface area contributed by atoms with E-state index in [1.807, 2.05) is 24.3 Å². The van der Waals surface area contributed by atoms with Gasteiger partial charge in [-0.2, -0.15) is 0 Å². The number of hydrogen-bond acceptors (Lipinski definition) is 3. The summed E-state index contributed by atoms with van der Waals surface area (Å²) in [7, 11) is 0. The Morgan fingerprint density at radius 3 is 3.05 bits per heavy atom. The molecule has 0 bridgehead atoms. The zero-order chi connectivity index (χ0) is 13.2. The number of fused-ring (bicyclic) bond motifs is 1. The third-order valence-corrected chi connectivity index (χ3v) is 3.62. The molecule has 1 unspecified atom stereocenters. The molecule has 1 saturated heterocycles. The van der Waals surface area contributed by atoms with Crippen LogP contribution in [-0.2, 0) is 0 Å². The molecular formula is C15H18N2O2. The van der Waals surface area contributed by atoms with E-state index in [2.05, 4.69) is 17.2 Å². The van der Waals surface area contributed by atoms with Crippen molar-refractivity contribution in [3.05, 3.63) is 40.8 Å². The van der Waals surface area contributed by atoms with Gasteiger partial charge in [0.05, 0.1) is 0 Å². The lowest BCUT2D eigenvalue weighted by molar-refractivity contribution is 0.144. The monoisotopic (exact) mass is 258 g/mol. The van der Waals surface area contributed by atoms with Gasteiger partial charge in [0.15, 0.2) is 0 Å². The average Bonchev–Trinajstić information content (AvgIpc) is 2.39. The Hall–Kier alpha value is -1.81. The second-order valence-electron chi connectivity index (χ2n) is 5.18. The number of piperidine rings is 1. The van der Waals surface area contributed by atoms with Crippen LogP contribution in [0.1, 0.15) is 19.8 Å². The summed E-state index contributed by atoms with van der Waals surface area (Å²) >= 11 is 0. The summed E-state index contributed by atoms with van der Waals surface area (Å²) in [4.78, 5) is 14.3. The first-order valence-electron chi connectivity index (χ1n) is 6.74. The van der Waals surface area contributed by atoms with Crippen LogP contribution in [0.5, 0.6) is 5.75 Å². The van der Waals surface area contributed by atoms with Crippen molar-refractivity contribution in [1.82, 2.24) is 10.3 Å². The van der Waals surface area contributed by atoms with Crippen LogP contribution >= 0.6 is 0 Å². The Balaban J connectivity index is 1.83. The van der Waals surface area contributed by atoms with Crippen molar-refractivity contribution in [1.29, 1.82) is 0 Å². The zero-order valence-electron chi connectivity index (χ0n) is 11.0. The fourth-order valence-electron chi connectivity index (χ4n) is 2.63. The number of ether oxygens (including phenoxy) is 1. The first-order chi connectivity index (χ1) is 9.22. The lowest BCUT2D eigenvalue weighted by Crippen LogP contribution is -2.40. The van der Waals surface area contributed by atoms with Crippen molar-refractivity contribution in [3.8, 4) is 5.75 Å². The van der Waals surface area contributed by atoms with E-state index in [9.17, 15) is 4.79 Å². The summed E-state index contributed by atoms with van der Waals surface area (Å²) < 4.78 is 6.02. The molecule has 1 aromatic heterocycles. The number of nitrogens with one attached hydrogen (secondary N) is 2. The highest BCUT2D eigenvalue weighted by molar-refractivity contribution is 5.82. The van der Waals surface area contributed by atoms with E-state index in [-0.39, 0.29) is 11.7 Å². The average molecular weight is 258 g/mol. The van der Waals surface area contributed by atoms with Gasteiger partial charge >= 0.3 is 0 Å². The van der Waals surface area contributed by atoms with Gasteiger partial charge in [0, 0.05) is 17.6 Å². The molecule has 1 aromatic carbocycles. The van der Waals surface area contributed by atoms with E-state index in [1.165, 1.54) is 0 Å². The third kappa shape index (κ3) is 2.63. The van der Waals surface area contributed by atoms with Gasteiger partial charge < -0.3 is 15.0 Å². The van der Waals surface area contributed by atoms with E-state index in [1.54, 1.807) is 6.20 Å². The highest BCUT2D eigenvalue weighted by atomic mass is 16.5. The minimum absolute atomic E-state index is 0.0560. The van der Waals surface area contributed by atoms with E-state index in [0.29, 0.717) is 11.4 Å². The van der Waals surface area contributed by atoms with E-state index in [4.69, 9.17) is 4.74 Å². The fraction of sp³-hybridized carbons (Fsp3) is 0.400. The molecule has 100 valence electrons. The van der Waals surface area contributed by atoms with Crippen molar-refractivity contribution in [2.75, 3.05) is 6.54 Å².